The second kappa shape index (κ2) is 4.45. The van der Waals surface area contributed by atoms with Gasteiger partial charge >= 0.3 is 0 Å². The Morgan fingerprint density at radius 3 is 2.71 bits per heavy atom. The van der Waals surface area contributed by atoms with Gasteiger partial charge in [0, 0.05) is 13.1 Å². The van der Waals surface area contributed by atoms with Crippen LogP contribution in [-0.2, 0) is 0 Å². The number of amides is 1. The molecule has 2 rings (SSSR count). The number of carbonyl (C=O) groups excluding carboxylic acids is 1. The summed E-state index contributed by atoms with van der Waals surface area (Å²) in [7, 11) is 0. The summed E-state index contributed by atoms with van der Waals surface area (Å²) in [4.78, 5) is 13.6. The van der Waals surface area contributed by atoms with Crippen molar-refractivity contribution in [1.82, 2.24) is 4.90 Å². The number of hydrogen-bond acceptors (Lipinski definition) is 2. The molecule has 92 valence electrons. The Morgan fingerprint density at radius 2 is 2.12 bits per heavy atom. The van der Waals surface area contributed by atoms with Crippen LogP contribution < -0.4 is 5.73 Å². The van der Waals surface area contributed by atoms with Gasteiger partial charge in [0.1, 0.15) is 5.82 Å². The Morgan fingerprint density at radius 1 is 1.47 bits per heavy atom. The normalized spacial score (nSPS) is 17.7. The standard InChI is InChI=1S/C13H17FN2O/c1-2-7-13(15)8-16(9-13)12(17)10-5-3-4-6-11(10)14/h3-6H,2,7-9,15H2,1H3. The van der Waals surface area contributed by atoms with Crippen molar-refractivity contribution in [2.75, 3.05) is 13.1 Å². The van der Waals surface area contributed by atoms with Gasteiger partial charge in [0.25, 0.3) is 5.91 Å². The van der Waals surface area contributed by atoms with E-state index in [0.29, 0.717) is 13.1 Å². The summed E-state index contributed by atoms with van der Waals surface area (Å²) in [6.07, 6.45) is 1.90. The van der Waals surface area contributed by atoms with Gasteiger partial charge < -0.3 is 10.6 Å². The second-order valence-corrected chi connectivity index (χ2v) is 4.75. The van der Waals surface area contributed by atoms with Crippen LogP contribution >= 0.6 is 0 Å². The van der Waals surface area contributed by atoms with Crippen LogP contribution in [-0.4, -0.2) is 29.4 Å². The second-order valence-electron chi connectivity index (χ2n) is 4.75. The van der Waals surface area contributed by atoms with Crippen LogP contribution in [0, 0.1) is 5.82 Å². The number of halogens is 1. The summed E-state index contributed by atoms with van der Waals surface area (Å²) in [6.45, 7) is 3.11. The molecule has 1 aliphatic rings. The first-order chi connectivity index (χ1) is 8.06. The average molecular weight is 236 g/mol. The molecule has 17 heavy (non-hydrogen) atoms. The molecule has 0 radical (unpaired) electrons. The fraction of sp³-hybridized carbons (Fsp3) is 0.462. The highest BCUT2D eigenvalue weighted by Crippen LogP contribution is 2.25. The molecule has 1 aromatic rings. The molecule has 1 fully saturated rings. The molecule has 0 spiro atoms. The summed E-state index contributed by atoms with van der Waals surface area (Å²) in [5, 5.41) is 0. The molecule has 1 heterocycles. The quantitative estimate of drug-likeness (QED) is 0.869. The Kier molecular flexibility index (Phi) is 3.15. The number of nitrogens with zero attached hydrogens (tertiary/aromatic N) is 1. The maximum atomic E-state index is 13.4. The minimum Gasteiger partial charge on any atom is -0.335 e. The topological polar surface area (TPSA) is 46.3 Å². The predicted octanol–water partition coefficient (Wildman–Crippen LogP) is 1.78. The molecule has 4 heteroatoms. The number of hydrogen-bond donors (Lipinski definition) is 1. The van der Waals surface area contributed by atoms with Gasteiger partial charge in [-0.25, -0.2) is 4.39 Å². The summed E-state index contributed by atoms with van der Waals surface area (Å²) < 4.78 is 13.4. The molecule has 0 bridgehead atoms. The Bertz CT molecular complexity index is 427. The van der Waals surface area contributed by atoms with Gasteiger partial charge in [-0.1, -0.05) is 25.5 Å². The number of benzene rings is 1. The van der Waals surface area contributed by atoms with E-state index in [-0.39, 0.29) is 17.0 Å². The molecule has 1 aromatic carbocycles. The van der Waals surface area contributed by atoms with Gasteiger partial charge in [0.15, 0.2) is 0 Å². The van der Waals surface area contributed by atoms with Crippen LogP contribution in [0.25, 0.3) is 0 Å². The Hall–Kier alpha value is -1.42. The third-order valence-electron chi connectivity index (χ3n) is 3.15. The minimum atomic E-state index is -0.470. The lowest BCUT2D eigenvalue weighted by Gasteiger charge is -2.47. The van der Waals surface area contributed by atoms with Gasteiger partial charge in [-0.3, -0.25) is 4.79 Å². The summed E-state index contributed by atoms with van der Waals surface area (Å²) >= 11 is 0. The fourth-order valence-corrected chi connectivity index (χ4v) is 2.32. The zero-order valence-corrected chi connectivity index (χ0v) is 9.95. The lowest BCUT2D eigenvalue weighted by molar-refractivity contribution is 0.0382. The Labute approximate surface area is 100 Å². The van der Waals surface area contributed by atoms with Crippen LogP contribution in [0.1, 0.15) is 30.1 Å². The zero-order valence-electron chi connectivity index (χ0n) is 9.95. The minimum absolute atomic E-state index is 0.131. The summed E-state index contributed by atoms with van der Waals surface area (Å²) in [5.74, 6) is -0.734. The molecule has 0 aliphatic carbocycles. The van der Waals surface area contributed by atoms with E-state index in [0.717, 1.165) is 12.8 Å². The number of nitrogens with two attached hydrogens (primary N) is 1. The molecule has 0 saturated carbocycles. The predicted molar refractivity (Wildman–Crippen MR) is 64.1 cm³/mol. The number of rotatable bonds is 3. The first-order valence-corrected chi connectivity index (χ1v) is 5.88. The zero-order chi connectivity index (χ0) is 12.5. The van der Waals surface area contributed by atoms with E-state index in [9.17, 15) is 9.18 Å². The SMILES string of the molecule is CCCC1(N)CN(C(=O)c2ccccc2F)C1. The molecule has 0 aromatic heterocycles. The van der Waals surface area contributed by atoms with Crippen molar-refractivity contribution < 1.29 is 9.18 Å². The maximum absolute atomic E-state index is 13.4. The smallest absolute Gasteiger partial charge is 0.256 e. The first kappa shape index (κ1) is 12.0. The highest BCUT2D eigenvalue weighted by molar-refractivity contribution is 5.95. The lowest BCUT2D eigenvalue weighted by atomic mass is 9.86. The molecule has 0 atom stereocenters. The van der Waals surface area contributed by atoms with Crippen LogP contribution in [0.15, 0.2) is 24.3 Å². The van der Waals surface area contributed by atoms with Crippen LogP contribution in [0.5, 0.6) is 0 Å². The number of likely N-dealkylation sites (tertiary alicyclic amines) is 1. The van der Waals surface area contributed by atoms with Gasteiger partial charge in [-0.2, -0.15) is 0 Å². The fourth-order valence-electron chi connectivity index (χ4n) is 2.32. The van der Waals surface area contributed by atoms with Crippen LogP contribution in [0.4, 0.5) is 4.39 Å². The van der Waals surface area contributed by atoms with E-state index < -0.39 is 5.82 Å². The van der Waals surface area contributed by atoms with E-state index in [1.807, 2.05) is 0 Å². The van der Waals surface area contributed by atoms with E-state index in [4.69, 9.17) is 5.73 Å². The van der Waals surface area contributed by atoms with Gasteiger partial charge in [0.2, 0.25) is 0 Å². The average Bonchev–Trinajstić information content (AvgIpc) is 2.26. The van der Waals surface area contributed by atoms with Crippen molar-refractivity contribution in [3.8, 4) is 0 Å². The molecule has 3 nitrogen and oxygen atoms in total. The third kappa shape index (κ3) is 2.31. The third-order valence-corrected chi connectivity index (χ3v) is 3.15. The highest BCUT2D eigenvalue weighted by Gasteiger charge is 2.41. The lowest BCUT2D eigenvalue weighted by Crippen LogP contribution is -2.68. The number of carbonyl (C=O) groups is 1. The largest absolute Gasteiger partial charge is 0.335 e. The highest BCUT2D eigenvalue weighted by atomic mass is 19.1. The first-order valence-electron chi connectivity index (χ1n) is 5.88. The van der Waals surface area contributed by atoms with E-state index in [1.165, 1.54) is 12.1 Å². The van der Waals surface area contributed by atoms with Gasteiger partial charge in [-0.05, 0) is 18.6 Å². The van der Waals surface area contributed by atoms with Crippen molar-refractivity contribution in [3.05, 3.63) is 35.6 Å². The van der Waals surface area contributed by atoms with Crippen molar-refractivity contribution in [1.29, 1.82) is 0 Å². The van der Waals surface area contributed by atoms with Crippen molar-refractivity contribution in [2.24, 2.45) is 5.73 Å². The monoisotopic (exact) mass is 236 g/mol. The van der Waals surface area contributed by atoms with Crippen LogP contribution in [0.3, 0.4) is 0 Å². The van der Waals surface area contributed by atoms with Crippen molar-refractivity contribution >= 4 is 5.91 Å². The van der Waals surface area contributed by atoms with E-state index in [1.54, 1.807) is 17.0 Å². The van der Waals surface area contributed by atoms with E-state index >= 15 is 0 Å². The molecular weight excluding hydrogens is 219 g/mol. The van der Waals surface area contributed by atoms with Gasteiger partial charge in [0.05, 0.1) is 11.1 Å². The molecule has 1 amide bonds. The van der Waals surface area contributed by atoms with Gasteiger partial charge in [-0.15, -0.1) is 0 Å². The van der Waals surface area contributed by atoms with Crippen LogP contribution in [0.2, 0.25) is 0 Å². The molecular formula is C13H17FN2O. The molecule has 1 aliphatic heterocycles. The Balaban J connectivity index is 2.03. The molecule has 2 N–H and O–H groups in total. The maximum Gasteiger partial charge on any atom is 0.256 e. The van der Waals surface area contributed by atoms with Crippen molar-refractivity contribution in [2.45, 2.75) is 25.3 Å². The van der Waals surface area contributed by atoms with E-state index in [2.05, 4.69) is 6.92 Å². The van der Waals surface area contributed by atoms with Crippen molar-refractivity contribution in [3.63, 3.8) is 0 Å². The molecule has 1 saturated heterocycles. The molecule has 0 unspecified atom stereocenters. The summed E-state index contributed by atoms with van der Waals surface area (Å²) in [5.41, 5.74) is 5.93. The summed E-state index contributed by atoms with van der Waals surface area (Å²) in [6, 6.07) is 6.05.